The van der Waals surface area contributed by atoms with E-state index in [1.54, 1.807) is 0 Å². The van der Waals surface area contributed by atoms with Gasteiger partial charge in [-0.05, 0) is 38.3 Å². The van der Waals surface area contributed by atoms with Gasteiger partial charge in [-0.2, -0.15) is 0 Å². The zero-order valence-electron chi connectivity index (χ0n) is 14.3. The van der Waals surface area contributed by atoms with E-state index in [0.717, 1.165) is 74.2 Å². The summed E-state index contributed by atoms with van der Waals surface area (Å²) in [5.41, 5.74) is 2.80. The Labute approximate surface area is 141 Å². The van der Waals surface area contributed by atoms with Crippen LogP contribution in [0.3, 0.4) is 0 Å². The van der Waals surface area contributed by atoms with E-state index in [-0.39, 0.29) is 5.91 Å². The van der Waals surface area contributed by atoms with Gasteiger partial charge in [-0.25, -0.2) is 0 Å². The van der Waals surface area contributed by atoms with Gasteiger partial charge in [0.1, 0.15) is 17.3 Å². The van der Waals surface area contributed by atoms with Crippen molar-refractivity contribution in [2.24, 2.45) is 0 Å². The van der Waals surface area contributed by atoms with Crippen LogP contribution in [-0.4, -0.2) is 50.2 Å². The van der Waals surface area contributed by atoms with E-state index in [1.807, 2.05) is 24.8 Å². The highest BCUT2D eigenvalue weighted by Crippen LogP contribution is 2.28. The summed E-state index contributed by atoms with van der Waals surface area (Å²) in [6, 6.07) is 2.02. The number of hydrogen-bond donors (Lipinski definition) is 2. The molecule has 0 atom stereocenters. The second-order valence-corrected chi connectivity index (χ2v) is 6.88. The Kier molecular flexibility index (Phi) is 3.88. The third kappa shape index (κ3) is 2.62. The molecular weight excluding hydrogens is 304 g/mol. The summed E-state index contributed by atoms with van der Waals surface area (Å²) in [5.74, 6) is 2.66. The second kappa shape index (κ2) is 6.05. The van der Waals surface area contributed by atoms with Crippen LogP contribution in [0.5, 0.6) is 0 Å². The second-order valence-electron chi connectivity index (χ2n) is 6.88. The lowest BCUT2D eigenvalue weighted by Crippen LogP contribution is -2.39. The SMILES string of the molecule is Cc1cc(C)c(C(=O)N2CCC(c3nnc4n3CCNC4)CC2)[nH]1. The maximum absolute atomic E-state index is 12.7. The summed E-state index contributed by atoms with van der Waals surface area (Å²) in [6.45, 7) is 8.25. The van der Waals surface area contributed by atoms with E-state index in [4.69, 9.17) is 0 Å². The number of nitrogens with one attached hydrogen (secondary N) is 2. The van der Waals surface area contributed by atoms with Crippen molar-refractivity contribution in [3.05, 3.63) is 34.7 Å². The molecule has 4 heterocycles. The minimum absolute atomic E-state index is 0.117. The quantitative estimate of drug-likeness (QED) is 0.872. The Balaban J connectivity index is 1.44. The minimum Gasteiger partial charge on any atom is -0.354 e. The van der Waals surface area contributed by atoms with Gasteiger partial charge >= 0.3 is 0 Å². The number of aromatic amines is 1. The molecule has 0 saturated carbocycles. The van der Waals surface area contributed by atoms with Crippen LogP contribution in [0, 0.1) is 13.8 Å². The molecule has 24 heavy (non-hydrogen) atoms. The fraction of sp³-hybridized carbons (Fsp3) is 0.588. The highest BCUT2D eigenvalue weighted by Gasteiger charge is 2.29. The molecule has 0 bridgehead atoms. The number of rotatable bonds is 2. The van der Waals surface area contributed by atoms with E-state index in [1.165, 1.54) is 0 Å². The van der Waals surface area contributed by atoms with Crippen molar-refractivity contribution in [2.45, 2.75) is 45.7 Å². The van der Waals surface area contributed by atoms with E-state index < -0.39 is 0 Å². The maximum Gasteiger partial charge on any atom is 0.270 e. The molecule has 128 valence electrons. The van der Waals surface area contributed by atoms with Crippen LogP contribution in [0.4, 0.5) is 0 Å². The van der Waals surface area contributed by atoms with Gasteiger partial charge in [-0.1, -0.05) is 0 Å². The van der Waals surface area contributed by atoms with E-state index >= 15 is 0 Å². The molecule has 2 aromatic rings. The fourth-order valence-corrected chi connectivity index (χ4v) is 3.87. The number of hydrogen-bond acceptors (Lipinski definition) is 4. The minimum atomic E-state index is 0.117. The summed E-state index contributed by atoms with van der Waals surface area (Å²) >= 11 is 0. The smallest absolute Gasteiger partial charge is 0.270 e. The maximum atomic E-state index is 12.7. The van der Waals surface area contributed by atoms with Crippen molar-refractivity contribution >= 4 is 5.91 Å². The molecule has 2 aromatic heterocycles. The Morgan fingerprint density at radius 1 is 1.21 bits per heavy atom. The van der Waals surface area contributed by atoms with Gasteiger partial charge in [0.15, 0.2) is 0 Å². The first-order valence-corrected chi connectivity index (χ1v) is 8.71. The normalized spacial score (nSPS) is 18.7. The average molecular weight is 328 g/mol. The third-order valence-corrected chi connectivity index (χ3v) is 5.16. The van der Waals surface area contributed by atoms with E-state index in [0.29, 0.717) is 5.92 Å². The number of H-pyrrole nitrogens is 1. The predicted molar refractivity (Wildman–Crippen MR) is 89.9 cm³/mol. The first-order chi connectivity index (χ1) is 11.6. The van der Waals surface area contributed by atoms with Crippen molar-refractivity contribution in [3.8, 4) is 0 Å². The van der Waals surface area contributed by atoms with Gasteiger partial charge in [0.05, 0.1) is 6.54 Å². The lowest BCUT2D eigenvalue weighted by molar-refractivity contribution is 0.0704. The summed E-state index contributed by atoms with van der Waals surface area (Å²) in [6.07, 6.45) is 1.91. The third-order valence-electron chi connectivity index (χ3n) is 5.16. The number of aryl methyl sites for hydroxylation is 2. The molecule has 7 heteroatoms. The summed E-state index contributed by atoms with van der Waals surface area (Å²) in [7, 11) is 0. The molecule has 2 aliphatic heterocycles. The molecule has 0 spiro atoms. The molecule has 1 saturated heterocycles. The van der Waals surface area contributed by atoms with Gasteiger partial charge in [0, 0.05) is 37.8 Å². The highest BCUT2D eigenvalue weighted by molar-refractivity contribution is 5.94. The summed E-state index contributed by atoms with van der Waals surface area (Å²) in [4.78, 5) is 17.9. The lowest BCUT2D eigenvalue weighted by atomic mass is 9.95. The molecule has 2 N–H and O–H groups in total. The molecule has 0 radical (unpaired) electrons. The monoisotopic (exact) mass is 328 g/mol. The first-order valence-electron chi connectivity index (χ1n) is 8.71. The molecule has 1 fully saturated rings. The zero-order valence-corrected chi connectivity index (χ0v) is 14.3. The van der Waals surface area contributed by atoms with Gasteiger partial charge < -0.3 is 19.8 Å². The van der Waals surface area contributed by atoms with Crippen molar-refractivity contribution in [1.29, 1.82) is 0 Å². The largest absolute Gasteiger partial charge is 0.354 e. The molecule has 0 unspecified atom stereocenters. The number of carbonyl (C=O) groups is 1. The van der Waals surface area contributed by atoms with Crippen LogP contribution in [0.2, 0.25) is 0 Å². The zero-order chi connectivity index (χ0) is 16.7. The van der Waals surface area contributed by atoms with Crippen molar-refractivity contribution in [3.63, 3.8) is 0 Å². The number of amides is 1. The van der Waals surface area contributed by atoms with Gasteiger partial charge in [-0.15, -0.1) is 10.2 Å². The summed E-state index contributed by atoms with van der Waals surface area (Å²) in [5, 5.41) is 12.1. The van der Waals surface area contributed by atoms with Crippen LogP contribution >= 0.6 is 0 Å². The van der Waals surface area contributed by atoms with Crippen LogP contribution in [0.25, 0.3) is 0 Å². The molecule has 7 nitrogen and oxygen atoms in total. The Hall–Kier alpha value is -2.15. The van der Waals surface area contributed by atoms with Crippen LogP contribution in [0.1, 0.15) is 52.2 Å². The van der Waals surface area contributed by atoms with Crippen LogP contribution in [0.15, 0.2) is 6.07 Å². The standard InChI is InChI=1S/C17H24N6O/c1-11-9-12(2)19-15(11)17(24)22-6-3-13(4-7-22)16-21-20-14-10-18-5-8-23(14)16/h9,13,18-19H,3-8,10H2,1-2H3. The van der Waals surface area contributed by atoms with E-state index in [2.05, 4.69) is 25.1 Å². The van der Waals surface area contributed by atoms with E-state index in [9.17, 15) is 4.79 Å². The van der Waals surface area contributed by atoms with Gasteiger partial charge in [0.2, 0.25) is 0 Å². The molecule has 0 aromatic carbocycles. The number of likely N-dealkylation sites (tertiary alicyclic amines) is 1. The van der Waals surface area contributed by atoms with Crippen LogP contribution in [-0.2, 0) is 13.1 Å². The van der Waals surface area contributed by atoms with Crippen molar-refractivity contribution < 1.29 is 4.79 Å². The molecular formula is C17H24N6O. The van der Waals surface area contributed by atoms with Crippen LogP contribution < -0.4 is 5.32 Å². The number of nitrogens with zero attached hydrogens (tertiary/aromatic N) is 4. The average Bonchev–Trinajstić information content (AvgIpc) is 3.17. The Morgan fingerprint density at radius 3 is 2.71 bits per heavy atom. The van der Waals surface area contributed by atoms with Gasteiger partial charge in [-0.3, -0.25) is 4.79 Å². The summed E-state index contributed by atoms with van der Waals surface area (Å²) < 4.78 is 2.26. The Bertz CT molecular complexity index is 753. The molecule has 4 rings (SSSR count). The number of piperidine rings is 1. The molecule has 2 aliphatic rings. The van der Waals surface area contributed by atoms with Crippen molar-refractivity contribution in [2.75, 3.05) is 19.6 Å². The lowest BCUT2D eigenvalue weighted by Gasteiger charge is -2.32. The molecule has 1 amide bonds. The number of carbonyl (C=O) groups excluding carboxylic acids is 1. The molecule has 0 aliphatic carbocycles. The highest BCUT2D eigenvalue weighted by atomic mass is 16.2. The van der Waals surface area contributed by atoms with Crippen molar-refractivity contribution in [1.82, 2.24) is 30.0 Å². The predicted octanol–water partition coefficient (Wildman–Crippen LogP) is 1.35. The topological polar surface area (TPSA) is 78.8 Å². The van der Waals surface area contributed by atoms with Gasteiger partial charge in [0.25, 0.3) is 5.91 Å². The Morgan fingerprint density at radius 2 is 2.00 bits per heavy atom. The number of aromatic nitrogens is 4. The number of fused-ring (bicyclic) bond motifs is 1. The first kappa shape index (κ1) is 15.4. The fourth-order valence-electron chi connectivity index (χ4n) is 3.87.